The first kappa shape index (κ1) is 38.2. The Morgan fingerprint density at radius 1 is 0.959 bits per heavy atom. The summed E-state index contributed by atoms with van der Waals surface area (Å²) in [4.78, 5) is 15.5. The molecule has 0 spiro atoms. The molecule has 1 amide bonds. The lowest BCUT2D eigenvalue weighted by molar-refractivity contribution is -0.00834. The number of fused-ring (bicyclic) bond motifs is 1. The maximum Gasteiger partial charge on any atom is 0.261 e. The highest BCUT2D eigenvalue weighted by Gasteiger charge is 2.32. The summed E-state index contributed by atoms with van der Waals surface area (Å²) in [6.45, 7) is 5.21. The highest BCUT2D eigenvalue weighted by atomic mass is 32.2. The Kier molecular flexibility index (Phi) is 12.8. The summed E-state index contributed by atoms with van der Waals surface area (Å²) in [6, 6.07) is 12.5. The number of benzene rings is 3. The van der Waals surface area contributed by atoms with Gasteiger partial charge in [-0.15, -0.1) is 0 Å². The summed E-state index contributed by atoms with van der Waals surface area (Å²) < 4.78 is 95.8. The molecule has 15 heteroatoms. The Hall–Kier alpha value is -3.63. The smallest absolute Gasteiger partial charge is 0.261 e. The van der Waals surface area contributed by atoms with Gasteiger partial charge >= 0.3 is 0 Å². The lowest BCUT2D eigenvalue weighted by atomic mass is 10.0. The molecule has 0 fully saturated rings. The van der Waals surface area contributed by atoms with E-state index in [4.69, 9.17) is 9.47 Å². The van der Waals surface area contributed by atoms with Crippen molar-refractivity contribution in [1.29, 1.82) is 0 Å². The number of anilines is 1. The van der Waals surface area contributed by atoms with Crippen molar-refractivity contribution < 1.29 is 45.0 Å². The second kappa shape index (κ2) is 16.4. The van der Waals surface area contributed by atoms with Crippen LogP contribution in [0.4, 0.5) is 14.5 Å². The Morgan fingerprint density at radius 3 is 2.18 bits per heavy atom. The second-order valence-electron chi connectivity index (χ2n) is 12.3. The number of aliphatic hydroxyl groups excluding tert-OH is 1. The normalized spacial score (nSPS) is 20.6. The van der Waals surface area contributed by atoms with Crippen molar-refractivity contribution >= 4 is 31.6 Å². The van der Waals surface area contributed by atoms with Crippen molar-refractivity contribution in [2.45, 2.75) is 68.1 Å². The van der Waals surface area contributed by atoms with E-state index < -0.39 is 62.3 Å². The Labute approximate surface area is 286 Å². The molecule has 3 aromatic rings. The molecular formula is C34H43F2N3O8S2. The zero-order chi connectivity index (χ0) is 35.9. The van der Waals surface area contributed by atoms with Crippen LogP contribution in [0.15, 0.2) is 76.5 Å². The number of nitrogens with one attached hydrogen (secondary N) is 1. The molecule has 2 N–H and O–H groups in total. The van der Waals surface area contributed by atoms with E-state index in [2.05, 4.69) is 4.72 Å². The maximum absolute atomic E-state index is 14.3. The van der Waals surface area contributed by atoms with E-state index in [0.29, 0.717) is 25.9 Å². The topological polar surface area (TPSA) is 143 Å². The van der Waals surface area contributed by atoms with Gasteiger partial charge in [-0.25, -0.2) is 25.6 Å². The number of amides is 1. The van der Waals surface area contributed by atoms with Crippen molar-refractivity contribution in [3.05, 3.63) is 83.9 Å². The van der Waals surface area contributed by atoms with Crippen LogP contribution in [-0.2, 0) is 24.8 Å². The third-order valence-electron chi connectivity index (χ3n) is 8.39. The van der Waals surface area contributed by atoms with Crippen LogP contribution in [0.5, 0.6) is 5.75 Å². The van der Waals surface area contributed by atoms with E-state index in [1.165, 1.54) is 42.3 Å². The number of hydrogen-bond donors (Lipinski definition) is 2. The van der Waals surface area contributed by atoms with Gasteiger partial charge in [0.1, 0.15) is 17.4 Å². The van der Waals surface area contributed by atoms with Crippen LogP contribution in [0.3, 0.4) is 0 Å². The van der Waals surface area contributed by atoms with Gasteiger partial charge in [-0.1, -0.05) is 6.92 Å². The van der Waals surface area contributed by atoms with Crippen molar-refractivity contribution in [1.82, 2.24) is 9.21 Å². The van der Waals surface area contributed by atoms with Gasteiger partial charge in [0.15, 0.2) is 0 Å². The minimum absolute atomic E-state index is 0.0379. The molecule has 0 unspecified atom stereocenters. The van der Waals surface area contributed by atoms with Gasteiger partial charge in [0.2, 0.25) is 10.0 Å². The molecule has 3 aromatic carbocycles. The molecule has 1 aliphatic heterocycles. The van der Waals surface area contributed by atoms with E-state index >= 15 is 0 Å². The summed E-state index contributed by atoms with van der Waals surface area (Å²) in [7, 11) is -6.73. The van der Waals surface area contributed by atoms with Gasteiger partial charge in [0, 0.05) is 38.3 Å². The molecule has 4 rings (SSSR count). The lowest BCUT2D eigenvalue weighted by Gasteiger charge is -2.35. The van der Waals surface area contributed by atoms with Crippen molar-refractivity contribution in [3.63, 3.8) is 0 Å². The van der Waals surface area contributed by atoms with Crippen LogP contribution < -0.4 is 9.46 Å². The summed E-state index contributed by atoms with van der Waals surface area (Å²) in [5.41, 5.74) is 0.108. The number of hydrogen-bond acceptors (Lipinski definition) is 8. The molecule has 49 heavy (non-hydrogen) atoms. The fourth-order valence-electron chi connectivity index (χ4n) is 5.41. The summed E-state index contributed by atoms with van der Waals surface area (Å²) >= 11 is 0. The predicted molar refractivity (Wildman–Crippen MR) is 180 cm³/mol. The summed E-state index contributed by atoms with van der Waals surface area (Å²) in [6.07, 6.45) is 0.954. The number of carbonyl (C=O) groups excluding carboxylic acids is 1. The first-order valence-electron chi connectivity index (χ1n) is 16.0. The number of carbonyl (C=O) groups is 1. The molecule has 0 radical (unpaired) electrons. The third-order valence-corrected chi connectivity index (χ3v) is 11.6. The number of ether oxygens (including phenoxy) is 2. The van der Waals surface area contributed by atoms with Crippen molar-refractivity contribution in [2.75, 3.05) is 38.1 Å². The Bertz CT molecular complexity index is 1790. The van der Waals surface area contributed by atoms with Gasteiger partial charge in [-0.2, -0.15) is 4.31 Å². The molecule has 0 saturated carbocycles. The molecule has 0 saturated heterocycles. The quantitative estimate of drug-likeness (QED) is 0.318. The zero-order valence-corrected chi connectivity index (χ0v) is 29.5. The average molecular weight is 724 g/mol. The van der Waals surface area contributed by atoms with Gasteiger partial charge in [-0.3, -0.25) is 9.52 Å². The van der Waals surface area contributed by atoms with E-state index in [1.54, 1.807) is 6.92 Å². The fraction of sp³-hybridized carbons (Fsp3) is 0.441. The highest BCUT2D eigenvalue weighted by molar-refractivity contribution is 7.92. The monoisotopic (exact) mass is 723 g/mol. The van der Waals surface area contributed by atoms with Crippen LogP contribution in [0.2, 0.25) is 0 Å². The van der Waals surface area contributed by atoms with Gasteiger partial charge in [0.25, 0.3) is 15.9 Å². The molecule has 1 heterocycles. The molecular weight excluding hydrogens is 681 g/mol. The van der Waals surface area contributed by atoms with Gasteiger partial charge < -0.3 is 19.5 Å². The molecule has 0 bridgehead atoms. The molecule has 268 valence electrons. The number of rotatable bonds is 9. The number of likely N-dealkylation sites (N-methyl/N-ethyl adjacent to an activating group) is 1. The fourth-order valence-corrected chi connectivity index (χ4v) is 7.65. The summed E-state index contributed by atoms with van der Waals surface area (Å²) in [5.74, 6) is -1.94. The molecule has 1 aliphatic rings. The third kappa shape index (κ3) is 9.75. The Morgan fingerprint density at radius 2 is 1.57 bits per heavy atom. The standard InChI is InChI=1S/C34H43F2N3O8S2/c1-23-20-39(24(2)22-40)34(41)31-19-28(37-48(42,43)29-13-8-26(35)9-14-29)12-17-32(31)47-25(3)7-5-6-18-46-33(23)21-38(4)49(44,45)30-15-10-27(36)11-16-30/h8-17,19,23-25,33,37,40H,5-7,18,20-22H2,1-4H3/t23-,24+,25+,33-/m0/s1. The van der Waals surface area contributed by atoms with Crippen LogP contribution in [-0.4, -0.2) is 88.7 Å². The number of halogens is 2. The van der Waals surface area contributed by atoms with E-state index in [0.717, 1.165) is 40.7 Å². The molecule has 4 atom stereocenters. The van der Waals surface area contributed by atoms with E-state index in [9.17, 15) is 35.5 Å². The van der Waals surface area contributed by atoms with Crippen LogP contribution in [0.25, 0.3) is 0 Å². The predicted octanol–water partition coefficient (Wildman–Crippen LogP) is 4.88. The number of nitrogens with zero attached hydrogens (tertiary/aromatic N) is 2. The average Bonchev–Trinajstić information content (AvgIpc) is 3.06. The first-order valence-corrected chi connectivity index (χ1v) is 18.9. The van der Waals surface area contributed by atoms with Crippen molar-refractivity contribution in [2.24, 2.45) is 5.92 Å². The number of aliphatic hydroxyl groups is 1. The largest absolute Gasteiger partial charge is 0.490 e. The van der Waals surface area contributed by atoms with E-state index in [-0.39, 0.29) is 46.0 Å². The molecule has 0 aliphatic carbocycles. The number of sulfonamides is 2. The Balaban J connectivity index is 1.67. The van der Waals surface area contributed by atoms with Crippen molar-refractivity contribution in [3.8, 4) is 5.75 Å². The minimum Gasteiger partial charge on any atom is -0.490 e. The lowest BCUT2D eigenvalue weighted by Crippen LogP contribution is -2.48. The second-order valence-corrected chi connectivity index (χ2v) is 16.0. The minimum atomic E-state index is -4.14. The molecule has 11 nitrogen and oxygen atoms in total. The van der Waals surface area contributed by atoms with Gasteiger partial charge in [0.05, 0.1) is 40.2 Å². The zero-order valence-electron chi connectivity index (χ0n) is 27.9. The first-order chi connectivity index (χ1) is 23.1. The van der Waals surface area contributed by atoms with E-state index in [1.807, 2.05) is 13.8 Å². The van der Waals surface area contributed by atoms with Crippen LogP contribution in [0, 0.1) is 17.6 Å². The van der Waals surface area contributed by atoms with Gasteiger partial charge in [-0.05, 0) is 99.8 Å². The SMILES string of the molecule is C[C@@H]1CCCCO[C@@H](CN(C)S(=O)(=O)c2ccc(F)cc2)[C@@H](C)CN([C@H](C)CO)C(=O)c2cc(NS(=O)(=O)c3ccc(F)cc3)ccc2O1. The summed E-state index contributed by atoms with van der Waals surface area (Å²) in [5, 5.41) is 10.2. The van der Waals surface area contributed by atoms with Crippen LogP contribution >= 0.6 is 0 Å². The molecule has 0 aromatic heterocycles. The van der Waals surface area contributed by atoms with Crippen LogP contribution in [0.1, 0.15) is 50.4 Å². The highest BCUT2D eigenvalue weighted by Crippen LogP contribution is 2.30. The maximum atomic E-state index is 14.3.